The summed E-state index contributed by atoms with van der Waals surface area (Å²) in [6, 6.07) is 0. The monoisotopic (exact) mass is 239 g/mol. The van der Waals surface area contributed by atoms with E-state index >= 15 is 0 Å². The second-order valence-electron chi connectivity index (χ2n) is 5.54. The van der Waals surface area contributed by atoms with E-state index in [1.54, 1.807) is 0 Å². The van der Waals surface area contributed by atoms with Gasteiger partial charge in [0.2, 0.25) is 5.91 Å². The number of amides is 1. The maximum Gasteiger partial charge on any atom is 0.292 e. The minimum atomic E-state index is -0.206. The smallest absolute Gasteiger partial charge is 0.292 e. The van der Waals surface area contributed by atoms with Gasteiger partial charge in [0, 0.05) is 18.5 Å². The van der Waals surface area contributed by atoms with Gasteiger partial charge in [0.1, 0.15) is 0 Å². The molecule has 1 rings (SSSR count). The molecule has 0 aromatic rings. The SMILES string of the molecule is CCCCC(C)(CC)C(=O)N1CCB(O)CC1. The molecule has 98 valence electrons. The molecule has 0 spiro atoms. The molecule has 4 heteroatoms. The second kappa shape index (κ2) is 6.43. The average molecular weight is 239 g/mol. The molecule has 1 N–H and O–H groups in total. The van der Waals surface area contributed by atoms with Crippen molar-refractivity contribution in [1.82, 2.24) is 4.90 Å². The van der Waals surface area contributed by atoms with Gasteiger partial charge in [-0.25, -0.2) is 0 Å². The summed E-state index contributed by atoms with van der Waals surface area (Å²) in [7, 11) is 0. The molecule has 17 heavy (non-hydrogen) atoms. The molecule has 0 bridgehead atoms. The maximum atomic E-state index is 12.5. The van der Waals surface area contributed by atoms with E-state index in [4.69, 9.17) is 0 Å². The van der Waals surface area contributed by atoms with Crippen LogP contribution in [0.2, 0.25) is 12.6 Å². The van der Waals surface area contributed by atoms with Crippen molar-refractivity contribution in [2.45, 2.75) is 59.1 Å². The van der Waals surface area contributed by atoms with Crippen molar-refractivity contribution in [2.24, 2.45) is 5.41 Å². The van der Waals surface area contributed by atoms with Gasteiger partial charge in [-0.15, -0.1) is 0 Å². The fourth-order valence-corrected chi connectivity index (χ4v) is 2.45. The topological polar surface area (TPSA) is 40.5 Å². The normalized spacial score (nSPS) is 20.2. The molecule has 0 aliphatic carbocycles. The first-order valence-corrected chi connectivity index (χ1v) is 7.01. The molecule has 1 unspecified atom stereocenters. The van der Waals surface area contributed by atoms with Crippen LogP contribution in [0.5, 0.6) is 0 Å². The number of carbonyl (C=O) groups is 1. The third kappa shape index (κ3) is 3.73. The Hall–Kier alpha value is -0.505. The molecule has 3 nitrogen and oxygen atoms in total. The van der Waals surface area contributed by atoms with E-state index in [1.807, 2.05) is 4.90 Å². The minimum absolute atomic E-state index is 0.196. The Kier molecular flexibility index (Phi) is 5.51. The predicted octanol–water partition coefficient (Wildman–Crippen LogP) is 2.42. The summed E-state index contributed by atoms with van der Waals surface area (Å²) in [5.41, 5.74) is -0.196. The summed E-state index contributed by atoms with van der Waals surface area (Å²) < 4.78 is 0. The van der Waals surface area contributed by atoms with Gasteiger partial charge in [0.05, 0.1) is 0 Å². The van der Waals surface area contributed by atoms with Gasteiger partial charge in [-0.3, -0.25) is 4.79 Å². The van der Waals surface area contributed by atoms with Crippen molar-refractivity contribution < 1.29 is 9.82 Å². The quantitative estimate of drug-likeness (QED) is 0.748. The molecular weight excluding hydrogens is 213 g/mol. The van der Waals surface area contributed by atoms with E-state index in [-0.39, 0.29) is 12.3 Å². The first-order chi connectivity index (χ1) is 8.03. The van der Waals surface area contributed by atoms with Gasteiger partial charge in [-0.05, 0) is 25.5 Å². The predicted molar refractivity (Wildman–Crippen MR) is 72.1 cm³/mol. The molecule has 0 aromatic heterocycles. The van der Waals surface area contributed by atoms with Crippen LogP contribution in [0.1, 0.15) is 46.5 Å². The number of rotatable bonds is 5. The molecule has 1 aliphatic heterocycles. The summed E-state index contributed by atoms with van der Waals surface area (Å²) in [4.78, 5) is 14.5. The highest BCUT2D eigenvalue weighted by atomic mass is 16.2. The van der Waals surface area contributed by atoms with Gasteiger partial charge in [0.15, 0.2) is 0 Å². The zero-order valence-corrected chi connectivity index (χ0v) is 11.5. The van der Waals surface area contributed by atoms with Crippen LogP contribution in [0.15, 0.2) is 0 Å². The number of carbonyl (C=O) groups excluding carboxylic acids is 1. The average Bonchev–Trinajstić information content (AvgIpc) is 2.36. The highest BCUT2D eigenvalue weighted by Crippen LogP contribution is 2.31. The van der Waals surface area contributed by atoms with Crippen molar-refractivity contribution in [3.63, 3.8) is 0 Å². The molecule has 1 saturated heterocycles. The standard InChI is InChI=1S/C13H26BNO2/c1-4-6-7-13(3,5-2)12(16)15-10-8-14(17)9-11-15/h17H,4-11H2,1-3H3. The van der Waals surface area contributed by atoms with E-state index in [2.05, 4.69) is 20.8 Å². The van der Waals surface area contributed by atoms with Crippen molar-refractivity contribution in [1.29, 1.82) is 0 Å². The van der Waals surface area contributed by atoms with E-state index in [9.17, 15) is 9.82 Å². The highest BCUT2D eigenvalue weighted by molar-refractivity contribution is 6.50. The summed E-state index contributed by atoms with van der Waals surface area (Å²) >= 11 is 0. The molecule has 1 aliphatic rings. The van der Waals surface area contributed by atoms with Crippen LogP contribution >= 0.6 is 0 Å². The molecule has 0 saturated carbocycles. The number of unbranched alkanes of at least 4 members (excludes halogenated alkanes) is 1. The second-order valence-corrected chi connectivity index (χ2v) is 5.54. The van der Waals surface area contributed by atoms with Crippen LogP contribution in [0.4, 0.5) is 0 Å². The van der Waals surface area contributed by atoms with Crippen molar-refractivity contribution in [2.75, 3.05) is 13.1 Å². The fraction of sp³-hybridized carbons (Fsp3) is 0.923. The zero-order valence-electron chi connectivity index (χ0n) is 11.5. The fourth-order valence-electron chi connectivity index (χ4n) is 2.45. The van der Waals surface area contributed by atoms with Crippen LogP contribution < -0.4 is 0 Å². The molecule has 0 aromatic carbocycles. The lowest BCUT2D eigenvalue weighted by atomic mass is 9.59. The third-order valence-corrected chi connectivity index (χ3v) is 4.13. The Bertz CT molecular complexity index is 252. The Morgan fingerprint density at radius 1 is 1.35 bits per heavy atom. The first kappa shape index (κ1) is 14.6. The van der Waals surface area contributed by atoms with Crippen LogP contribution in [0.3, 0.4) is 0 Å². The van der Waals surface area contributed by atoms with Crippen molar-refractivity contribution in [3.05, 3.63) is 0 Å². The Labute approximate surface area is 106 Å². The number of hydrogen-bond acceptors (Lipinski definition) is 2. The first-order valence-electron chi connectivity index (χ1n) is 7.01. The molecule has 1 amide bonds. The maximum absolute atomic E-state index is 12.5. The van der Waals surface area contributed by atoms with E-state index in [1.165, 1.54) is 0 Å². The minimum Gasteiger partial charge on any atom is -0.450 e. The molecule has 1 atom stereocenters. The van der Waals surface area contributed by atoms with Crippen molar-refractivity contribution >= 4 is 12.8 Å². The molecule has 1 fully saturated rings. The van der Waals surface area contributed by atoms with E-state index in [0.29, 0.717) is 5.91 Å². The van der Waals surface area contributed by atoms with Crippen LogP contribution in [-0.2, 0) is 4.79 Å². The van der Waals surface area contributed by atoms with Gasteiger partial charge in [-0.2, -0.15) is 0 Å². The lowest BCUT2D eigenvalue weighted by Crippen LogP contribution is -2.47. The van der Waals surface area contributed by atoms with Gasteiger partial charge in [0.25, 0.3) is 6.92 Å². The van der Waals surface area contributed by atoms with Crippen LogP contribution in [0, 0.1) is 5.41 Å². The van der Waals surface area contributed by atoms with Gasteiger partial charge in [-0.1, -0.05) is 33.6 Å². The zero-order chi connectivity index (χ0) is 12.9. The van der Waals surface area contributed by atoms with E-state index in [0.717, 1.165) is 51.4 Å². The van der Waals surface area contributed by atoms with Gasteiger partial charge >= 0.3 is 0 Å². The summed E-state index contributed by atoms with van der Waals surface area (Å²) in [6.45, 7) is 7.60. The van der Waals surface area contributed by atoms with Crippen LogP contribution in [0.25, 0.3) is 0 Å². The Balaban J connectivity index is 2.59. The summed E-state index contributed by atoms with van der Waals surface area (Å²) in [5.74, 6) is 0.292. The molecular formula is C13H26BNO2. The summed E-state index contributed by atoms with van der Waals surface area (Å²) in [6.07, 6.45) is 5.62. The molecule has 0 radical (unpaired) electrons. The lowest BCUT2D eigenvalue weighted by molar-refractivity contribution is -0.141. The molecule has 1 heterocycles. The van der Waals surface area contributed by atoms with E-state index < -0.39 is 0 Å². The van der Waals surface area contributed by atoms with Crippen LogP contribution in [-0.4, -0.2) is 35.8 Å². The number of nitrogens with zero attached hydrogens (tertiary/aromatic N) is 1. The highest BCUT2D eigenvalue weighted by Gasteiger charge is 2.36. The lowest BCUT2D eigenvalue weighted by Gasteiger charge is -2.36. The van der Waals surface area contributed by atoms with Gasteiger partial charge < -0.3 is 9.92 Å². The Morgan fingerprint density at radius 2 is 1.94 bits per heavy atom. The third-order valence-electron chi connectivity index (χ3n) is 4.13. The summed E-state index contributed by atoms with van der Waals surface area (Å²) in [5, 5.41) is 9.47. The largest absolute Gasteiger partial charge is 0.450 e. The van der Waals surface area contributed by atoms with Crippen molar-refractivity contribution in [3.8, 4) is 0 Å². The number of hydrogen-bond donors (Lipinski definition) is 1. The Morgan fingerprint density at radius 3 is 2.41 bits per heavy atom.